The second-order valence-corrected chi connectivity index (χ2v) is 6.19. The van der Waals surface area contributed by atoms with Crippen molar-refractivity contribution in [3.05, 3.63) is 0 Å². The smallest absolute Gasteiger partial charge is 0.314 e. The lowest BCUT2D eigenvalue weighted by Gasteiger charge is -2.26. The maximum atomic E-state index is 11.6. The van der Waals surface area contributed by atoms with Crippen molar-refractivity contribution in [1.29, 1.82) is 0 Å². The van der Waals surface area contributed by atoms with Crippen LogP contribution in [0.5, 0.6) is 0 Å². The standard InChI is InChI=1S/C10H21N3O3S/c1-2-5-11-10(14)12-6-8-13-7-3-4-9-17(13,15)16/h2-9H2,1H3,(H2,11,12,14). The van der Waals surface area contributed by atoms with E-state index in [4.69, 9.17) is 0 Å². The Bertz CT molecular complexity index is 343. The number of sulfonamides is 1. The summed E-state index contributed by atoms with van der Waals surface area (Å²) in [7, 11) is -3.08. The molecule has 0 atom stereocenters. The normalized spacial score (nSPS) is 19.8. The Hall–Kier alpha value is -0.820. The summed E-state index contributed by atoms with van der Waals surface area (Å²) in [5, 5.41) is 5.32. The van der Waals surface area contributed by atoms with Gasteiger partial charge in [-0.1, -0.05) is 6.92 Å². The van der Waals surface area contributed by atoms with Crippen LogP contribution in [0, 0.1) is 0 Å². The number of hydrogen-bond donors (Lipinski definition) is 2. The summed E-state index contributed by atoms with van der Waals surface area (Å²) in [5.74, 6) is 0.231. The summed E-state index contributed by atoms with van der Waals surface area (Å²) in [6.45, 7) is 3.89. The van der Waals surface area contributed by atoms with E-state index < -0.39 is 10.0 Å². The van der Waals surface area contributed by atoms with Gasteiger partial charge in [0.25, 0.3) is 0 Å². The first-order chi connectivity index (χ1) is 8.06. The number of carbonyl (C=O) groups excluding carboxylic acids is 1. The predicted octanol–water partition coefficient (Wildman–Crippen LogP) is 0.121. The van der Waals surface area contributed by atoms with Gasteiger partial charge in [0.1, 0.15) is 0 Å². The molecule has 2 N–H and O–H groups in total. The van der Waals surface area contributed by atoms with Crippen molar-refractivity contribution in [1.82, 2.24) is 14.9 Å². The molecule has 1 rings (SSSR count). The van der Waals surface area contributed by atoms with Crippen LogP contribution in [0.15, 0.2) is 0 Å². The van der Waals surface area contributed by atoms with Gasteiger partial charge in [0.05, 0.1) is 5.75 Å². The molecule has 0 bridgehead atoms. The third-order valence-electron chi connectivity index (χ3n) is 2.64. The van der Waals surface area contributed by atoms with Crippen molar-refractivity contribution in [3.8, 4) is 0 Å². The zero-order chi connectivity index (χ0) is 12.7. The van der Waals surface area contributed by atoms with Crippen LogP contribution in [-0.4, -0.2) is 50.7 Å². The van der Waals surface area contributed by atoms with E-state index in [1.807, 2.05) is 6.92 Å². The fraction of sp³-hybridized carbons (Fsp3) is 0.900. The first-order valence-electron chi connectivity index (χ1n) is 6.06. The van der Waals surface area contributed by atoms with Crippen LogP contribution in [0.4, 0.5) is 4.79 Å². The Morgan fingerprint density at radius 1 is 1.24 bits per heavy atom. The average Bonchev–Trinajstić information content (AvgIpc) is 2.28. The molecule has 0 unspecified atom stereocenters. The molecule has 0 aromatic rings. The highest BCUT2D eigenvalue weighted by Gasteiger charge is 2.24. The number of rotatable bonds is 5. The third kappa shape index (κ3) is 4.91. The van der Waals surface area contributed by atoms with Gasteiger partial charge in [0.15, 0.2) is 0 Å². The lowest BCUT2D eigenvalue weighted by molar-refractivity contribution is 0.239. The molecule has 17 heavy (non-hydrogen) atoms. The van der Waals surface area contributed by atoms with Crippen molar-refractivity contribution in [2.45, 2.75) is 26.2 Å². The van der Waals surface area contributed by atoms with E-state index >= 15 is 0 Å². The number of hydrogen-bond acceptors (Lipinski definition) is 3. The molecule has 0 aliphatic carbocycles. The maximum absolute atomic E-state index is 11.6. The van der Waals surface area contributed by atoms with Gasteiger partial charge in [-0.3, -0.25) is 0 Å². The van der Waals surface area contributed by atoms with E-state index in [2.05, 4.69) is 10.6 Å². The largest absolute Gasteiger partial charge is 0.338 e. The average molecular weight is 263 g/mol. The number of carbonyl (C=O) groups is 1. The van der Waals surface area contributed by atoms with Crippen molar-refractivity contribution in [2.75, 3.05) is 31.9 Å². The van der Waals surface area contributed by atoms with E-state index in [9.17, 15) is 13.2 Å². The predicted molar refractivity (Wildman–Crippen MR) is 66.3 cm³/mol. The third-order valence-corrected chi connectivity index (χ3v) is 4.59. The minimum atomic E-state index is -3.08. The van der Waals surface area contributed by atoms with Gasteiger partial charge in [-0.25, -0.2) is 17.5 Å². The first kappa shape index (κ1) is 14.2. The molecule has 0 spiro atoms. The molecule has 1 fully saturated rings. The zero-order valence-corrected chi connectivity index (χ0v) is 11.1. The van der Waals surface area contributed by atoms with E-state index in [0.717, 1.165) is 19.3 Å². The van der Waals surface area contributed by atoms with E-state index in [-0.39, 0.29) is 11.8 Å². The van der Waals surface area contributed by atoms with Crippen LogP contribution in [0.1, 0.15) is 26.2 Å². The Balaban J connectivity index is 2.24. The maximum Gasteiger partial charge on any atom is 0.314 e. The van der Waals surface area contributed by atoms with E-state index in [0.29, 0.717) is 26.2 Å². The molecular weight excluding hydrogens is 242 g/mol. The number of nitrogens with one attached hydrogen (secondary N) is 2. The molecule has 0 aromatic carbocycles. The van der Waals surface area contributed by atoms with Gasteiger partial charge in [-0.05, 0) is 19.3 Å². The highest BCUT2D eigenvalue weighted by Crippen LogP contribution is 2.12. The molecular formula is C10H21N3O3S. The lowest BCUT2D eigenvalue weighted by Crippen LogP contribution is -2.44. The lowest BCUT2D eigenvalue weighted by atomic mass is 10.3. The molecule has 100 valence electrons. The number of urea groups is 1. The molecule has 1 saturated heterocycles. The van der Waals surface area contributed by atoms with Gasteiger partial charge < -0.3 is 10.6 Å². The molecule has 1 aliphatic heterocycles. The second kappa shape index (κ2) is 6.80. The number of amides is 2. The second-order valence-electron chi connectivity index (χ2n) is 4.10. The monoisotopic (exact) mass is 263 g/mol. The Labute approximate surface area is 103 Å². The first-order valence-corrected chi connectivity index (χ1v) is 7.66. The van der Waals surface area contributed by atoms with Gasteiger partial charge in [0, 0.05) is 26.2 Å². The highest BCUT2D eigenvalue weighted by atomic mass is 32.2. The van der Waals surface area contributed by atoms with Crippen molar-refractivity contribution < 1.29 is 13.2 Å². The fourth-order valence-corrected chi connectivity index (χ4v) is 3.29. The Morgan fingerprint density at radius 2 is 1.94 bits per heavy atom. The molecule has 1 heterocycles. The molecule has 7 heteroatoms. The van der Waals surface area contributed by atoms with Crippen LogP contribution >= 0.6 is 0 Å². The summed E-state index contributed by atoms with van der Waals surface area (Å²) in [4.78, 5) is 11.2. The van der Waals surface area contributed by atoms with Crippen LogP contribution in [0.25, 0.3) is 0 Å². The molecule has 6 nitrogen and oxygen atoms in total. The summed E-state index contributed by atoms with van der Waals surface area (Å²) in [6, 6.07) is -0.235. The number of nitrogens with zero attached hydrogens (tertiary/aromatic N) is 1. The molecule has 0 aromatic heterocycles. The molecule has 2 amide bonds. The van der Waals surface area contributed by atoms with Crippen molar-refractivity contribution >= 4 is 16.1 Å². The topological polar surface area (TPSA) is 78.5 Å². The zero-order valence-electron chi connectivity index (χ0n) is 10.2. The van der Waals surface area contributed by atoms with Crippen molar-refractivity contribution in [3.63, 3.8) is 0 Å². The quantitative estimate of drug-likeness (QED) is 0.739. The van der Waals surface area contributed by atoms with Crippen LogP contribution in [0.3, 0.4) is 0 Å². The molecule has 0 saturated carbocycles. The van der Waals surface area contributed by atoms with Crippen LogP contribution in [-0.2, 0) is 10.0 Å². The highest BCUT2D eigenvalue weighted by molar-refractivity contribution is 7.89. The van der Waals surface area contributed by atoms with Gasteiger partial charge in [-0.2, -0.15) is 0 Å². The minimum Gasteiger partial charge on any atom is -0.338 e. The summed E-state index contributed by atoms with van der Waals surface area (Å²) < 4.78 is 24.7. The van der Waals surface area contributed by atoms with Gasteiger partial charge in [-0.15, -0.1) is 0 Å². The Morgan fingerprint density at radius 3 is 2.59 bits per heavy atom. The van der Waals surface area contributed by atoms with Crippen LogP contribution in [0.2, 0.25) is 0 Å². The molecule has 0 radical (unpaired) electrons. The van der Waals surface area contributed by atoms with E-state index in [1.54, 1.807) is 0 Å². The summed E-state index contributed by atoms with van der Waals surface area (Å²) in [6.07, 6.45) is 2.53. The SMILES string of the molecule is CCCNC(=O)NCCN1CCCCS1(=O)=O. The summed E-state index contributed by atoms with van der Waals surface area (Å²) in [5.41, 5.74) is 0. The van der Waals surface area contributed by atoms with Crippen LogP contribution < -0.4 is 10.6 Å². The fourth-order valence-electron chi connectivity index (χ4n) is 1.69. The van der Waals surface area contributed by atoms with Gasteiger partial charge >= 0.3 is 6.03 Å². The van der Waals surface area contributed by atoms with Crippen molar-refractivity contribution in [2.24, 2.45) is 0 Å². The minimum absolute atomic E-state index is 0.231. The Kier molecular flexibility index (Phi) is 5.70. The summed E-state index contributed by atoms with van der Waals surface area (Å²) >= 11 is 0. The van der Waals surface area contributed by atoms with Gasteiger partial charge in [0.2, 0.25) is 10.0 Å². The molecule has 1 aliphatic rings. The van der Waals surface area contributed by atoms with E-state index in [1.165, 1.54) is 4.31 Å².